The van der Waals surface area contributed by atoms with E-state index in [0.717, 1.165) is 26.2 Å². The van der Waals surface area contributed by atoms with Crippen LogP contribution in [-0.4, -0.2) is 40.7 Å². The van der Waals surface area contributed by atoms with Crippen molar-refractivity contribution in [2.45, 2.75) is 0 Å². The number of aromatic nitrogens is 3. The lowest BCUT2D eigenvalue weighted by Gasteiger charge is -2.27. The van der Waals surface area contributed by atoms with Crippen LogP contribution in [-0.2, 0) is 7.05 Å². The van der Waals surface area contributed by atoms with Crippen LogP contribution in [0, 0.1) is 0 Å². The Bertz CT molecular complexity index is 630. The van der Waals surface area contributed by atoms with E-state index < -0.39 is 0 Å². The third kappa shape index (κ3) is 1.84. The van der Waals surface area contributed by atoms with Crippen molar-refractivity contribution in [1.29, 1.82) is 0 Å². The first-order valence-corrected chi connectivity index (χ1v) is 6.04. The van der Waals surface area contributed by atoms with E-state index in [9.17, 15) is 4.79 Å². The van der Waals surface area contributed by atoms with Crippen molar-refractivity contribution in [3.05, 3.63) is 28.8 Å². The monoisotopic (exact) mass is 245 g/mol. The molecule has 0 bridgehead atoms. The molecule has 0 aromatic carbocycles. The van der Waals surface area contributed by atoms with Gasteiger partial charge < -0.3 is 14.8 Å². The summed E-state index contributed by atoms with van der Waals surface area (Å²) in [6.07, 6.45) is 3.36. The lowest BCUT2D eigenvalue weighted by Crippen LogP contribution is -2.44. The van der Waals surface area contributed by atoms with E-state index in [-0.39, 0.29) is 5.56 Å². The van der Waals surface area contributed by atoms with Gasteiger partial charge in [0, 0.05) is 45.6 Å². The highest BCUT2D eigenvalue weighted by Crippen LogP contribution is 2.12. The molecule has 6 heteroatoms. The molecule has 1 fully saturated rings. The average molecular weight is 245 g/mol. The second kappa shape index (κ2) is 4.38. The molecule has 1 saturated heterocycles. The zero-order valence-electron chi connectivity index (χ0n) is 10.3. The number of nitrogens with zero attached hydrogens (tertiary/aromatic N) is 4. The molecule has 1 aliphatic heterocycles. The van der Waals surface area contributed by atoms with Crippen LogP contribution in [0.3, 0.4) is 0 Å². The number of anilines is 1. The maximum atomic E-state index is 11.9. The number of fused-ring (bicyclic) bond motifs is 1. The van der Waals surface area contributed by atoms with E-state index in [1.54, 1.807) is 19.4 Å². The average Bonchev–Trinajstić information content (AvgIpc) is 2.44. The fraction of sp³-hybridized carbons (Fsp3) is 0.417. The van der Waals surface area contributed by atoms with Gasteiger partial charge in [-0.15, -0.1) is 0 Å². The maximum Gasteiger partial charge on any atom is 0.261 e. The molecule has 0 radical (unpaired) electrons. The number of piperazine rings is 1. The van der Waals surface area contributed by atoms with Crippen LogP contribution in [0.4, 0.5) is 5.95 Å². The van der Waals surface area contributed by atoms with Crippen LogP contribution in [0.5, 0.6) is 0 Å². The minimum absolute atomic E-state index is 0.0561. The number of hydrogen-bond donors (Lipinski definition) is 1. The normalized spacial score (nSPS) is 16.2. The topological polar surface area (TPSA) is 63.1 Å². The van der Waals surface area contributed by atoms with Gasteiger partial charge in [0.1, 0.15) is 0 Å². The largest absolute Gasteiger partial charge is 0.338 e. The van der Waals surface area contributed by atoms with Gasteiger partial charge in [0.15, 0.2) is 0 Å². The second-order valence-electron chi connectivity index (χ2n) is 4.44. The van der Waals surface area contributed by atoms with Gasteiger partial charge in [-0.1, -0.05) is 0 Å². The first-order chi connectivity index (χ1) is 8.75. The zero-order chi connectivity index (χ0) is 12.5. The highest BCUT2D eigenvalue weighted by Gasteiger charge is 2.13. The van der Waals surface area contributed by atoms with E-state index in [4.69, 9.17) is 0 Å². The van der Waals surface area contributed by atoms with Crippen molar-refractivity contribution in [2.24, 2.45) is 7.05 Å². The van der Waals surface area contributed by atoms with Gasteiger partial charge in [0.2, 0.25) is 5.95 Å². The Morgan fingerprint density at radius 3 is 2.89 bits per heavy atom. The number of hydrogen-bond acceptors (Lipinski definition) is 5. The van der Waals surface area contributed by atoms with Crippen molar-refractivity contribution in [2.75, 3.05) is 31.1 Å². The van der Waals surface area contributed by atoms with Crippen molar-refractivity contribution in [3.63, 3.8) is 0 Å². The van der Waals surface area contributed by atoms with Crippen LogP contribution in [0.25, 0.3) is 10.9 Å². The van der Waals surface area contributed by atoms with Crippen LogP contribution in [0.1, 0.15) is 0 Å². The fourth-order valence-corrected chi connectivity index (χ4v) is 2.13. The van der Waals surface area contributed by atoms with Crippen LogP contribution < -0.4 is 15.8 Å². The molecule has 0 atom stereocenters. The summed E-state index contributed by atoms with van der Waals surface area (Å²) in [7, 11) is 1.73. The number of pyridine rings is 1. The minimum Gasteiger partial charge on any atom is -0.338 e. The second-order valence-corrected chi connectivity index (χ2v) is 4.44. The van der Waals surface area contributed by atoms with Gasteiger partial charge >= 0.3 is 0 Å². The molecule has 1 N–H and O–H groups in total. The predicted octanol–water partition coefficient (Wildman–Crippen LogP) is -0.262. The van der Waals surface area contributed by atoms with Crippen molar-refractivity contribution in [1.82, 2.24) is 19.9 Å². The molecule has 18 heavy (non-hydrogen) atoms. The van der Waals surface area contributed by atoms with Gasteiger partial charge in [-0.05, 0) is 6.07 Å². The van der Waals surface area contributed by atoms with Crippen molar-refractivity contribution >= 4 is 16.9 Å². The molecule has 1 aliphatic rings. The van der Waals surface area contributed by atoms with Crippen LogP contribution in [0.2, 0.25) is 0 Å². The summed E-state index contributed by atoms with van der Waals surface area (Å²) in [4.78, 5) is 22.8. The minimum atomic E-state index is -0.0561. The Kier molecular flexibility index (Phi) is 2.71. The molecule has 2 aromatic rings. The molecule has 3 rings (SSSR count). The highest BCUT2D eigenvalue weighted by atomic mass is 16.1. The summed E-state index contributed by atoms with van der Waals surface area (Å²) in [5.74, 6) is 0.706. The standard InChI is InChI=1S/C12H15N5O/c1-16-5-2-10-9(11(16)18)8-14-12(15-10)17-6-3-13-4-7-17/h2,5,8,13H,3-4,6-7H2,1H3. The van der Waals surface area contributed by atoms with E-state index in [0.29, 0.717) is 16.9 Å². The quantitative estimate of drug-likeness (QED) is 0.750. The lowest BCUT2D eigenvalue weighted by atomic mass is 10.3. The molecule has 6 nitrogen and oxygen atoms in total. The number of rotatable bonds is 1. The van der Waals surface area contributed by atoms with Gasteiger partial charge in [0.05, 0.1) is 10.9 Å². The Balaban J connectivity index is 2.06. The summed E-state index contributed by atoms with van der Waals surface area (Å²) in [6.45, 7) is 3.68. The molecule has 2 aromatic heterocycles. The van der Waals surface area contributed by atoms with Crippen molar-refractivity contribution < 1.29 is 0 Å². The number of aryl methyl sites for hydroxylation is 1. The first-order valence-electron chi connectivity index (χ1n) is 6.04. The lowest BCUT2D eigenvalue weighted by molar-refractivity contribution is 0.580. The molecule has 0 saturated carbocycles. The van der Waals surface area contributed by atoms with Gasteiger partial charge in [-0.3, -0.25) is 4.79 Å². The SMILES string of the molecule is Cn1ccc2nc(N3CCNCC3)ncc2c1=O. The molecule has 0 amide bonds. The number of nitrogens with one attached hydrogen (secondary N) is 1. The predicted molar refractivity (Wildman–Crippen MR) is 69.9 cm³/mol. The smallest absolute Gasteiger partial charge is 0.261 e. The first kappa shape index (κ1) is 11.2. The van der Waals surface area contributed by atoms with E-state index in [2.05, 4.69) is 20.2 Å². The Morgan fingerprint density at radius 2 is 2.11 bits per heavy atom. The summed E-state index contributed by atoms with van der Waals surface area (Å²) < 4.78 is 1.54. The van der Waals surface area contributed by atoms with Crippen LogP contribution >= 0.6 is 0 Å². The Labute approximate surface area is 104 Å². The molecular formula is C12H15N5O. The van der Waals surface area contributed by atoms with Crippen LogP contribution in [0.15, 0.2) is 23.3 Å². The van der Waals surface area contributed by atoms with E-state index >= 15 is 0 Å². The van der Waals surface area contributed by atoms with Crippen molar-refractivity contribution in [3.8, 4) is 0 Å². The Hall–Kier alpha value is -1.95. The summed E-state index contributed by atoms with van der Waals surface area (Å²) >= 11 is 0. The molecule has 0 unspecified atom stereocenters. The Morgan fingerprint density at radius 1 is 1.33 bits per heavy atom. The molecule has 0 spiro atoms. The maximum absolute atomic E-state index is 11.9. The van der Waals surface area contributed by atoms with E-state index in [1.165, 1.54) is 4.57 Å². The van der Waals surface area contributed by atoms with Gasteiger partial charge in [0.25, 0.3) is 5.56 Å². The summed E-state index contributed by atoms with van der Waals surface area (Å²) in [6, 6.07) is 1.85. The summed E-state index contributed by atoms with van der Waals surface area (Å²) in [5, 5.41) is 3.86. The third-order valence-corrected chi connectivity index (χ3v) is 3.21. The highest BCUT2D eigenvalue weighted by molar-refractivity contribution is 5.77. The molecule has 0 aliphatic carbocycles. The fourth-order valence-electron chi connectivity index (χ4n) is 2.13. The van der Waals surface area contributed by atoms with Gasteiger partial charge in [-0.2, -0.15) is 0 Å². The van der Waals surface area contributed by atoms with Gasteiger partial charge in [-0.25, -0.2) is 9.97 Å². The van der Waals surface area contributed by atoms with E-state index in [1.807, 2.05) is 6.07 Å². The molecule has 94 valence electrons. The zero-order valence-corrected chi connectivity index (χ0v) is 10.3. The molecular weight excluding hydrogens is 230 g/mol. The summed E-state index contributed by atoms with van der Waals surface area (Å²) in [5.41, 5.74) is 0.654. The third-order valence-electron chi connectivity index (χ3n) is 3.21. The molecule has 3 heterocycles.